The number of hydrogen-bond donors (Lipinski definition) is 0. The zero-order valence-corrected chi connectivity index (χ0v) is 8.76. The lowest BCUT2D eigenvalue weighted by atomic mass is 10.5. The molecule has 4 heteroatoms. The van der Waals surface area contributed by atoms with E-state index in [2.05, 4.69) is 6.92 Å². The van der Waals surface area contributed by atoms with Crippen LogP contribution in [0.4, 0.5) is 4.79 Å². The number of rotatable bonds is 4. The van der Waals surface area contributed by atoms with E-state index in [1.807, 2.05) is 13.8 Å². The first-order chi connectivity index (χ1) is 5.16. The Labute approximate surface area is 75.9 Å². The molecule has 0 amide bonds. The predicted molar refractivity (Wildman–Crippen MR) is 52.0 cm³/mol. The van der Waals surface area contributed by atoms with E-state index in [0.29, 0.717) is 0 Å². The van der Waals surface area contributed by atoms with Gasteiger partial charge in [-0.3, -0.25) is 0 Å². The minimum Gasteiger partial charge on any atom is -0.454 e. The molecule has 0 aromatic rings. The number of hydrogen-bond acceptors (Lipinski definition) is 4. The second-order valence-corrected chi connectivity index (χ2v) is 4.67. The molecule has 0 aromatic heterocycles. The van der Waals surface area contributed by atoms with Crippen LogP contribution in [-0.2, 0) is 4.74 Å². The van der Waals surface area contributed by atoms with Crippen molar-refractivity contribution < 1.29 is 9.53 Å². The van der Waals surface area contributed by atoms with Gasteiger partial charge in [0.1, 0.15) is 0 Å². The van der Waals surface area contributed by atoms with Gasteiger partial charge in [0.2, 0.25) is 0 Å². The zero-order chi connectivity index (χ0) is 8.69. The fraction of sp³-hybridized carbons (Fsp3) is 0.857. The summed E-state index contributed by atoms with van der Waals surface area (Å²) < 4.78 is 4.90. The molecule has 0 radical (unpaired) electrons. The summed E-state index contributed by atoms with van der Waals surface area (Å²) in [5, 5.41) is -0.182. The molecule has 2 nitrogen and oxygen atoms in total. The van der Waals surface area contributed by atoms with Crippen LogP contribution in [0.3, 0.4) is 0 Å². The van der Waals surface area contributed by atoms with Crippen LogP contribution >= 0.6 is 21.6 Å². The van der Waals surface area contributed by atoms with Crippen molar-refractivity contribution in [1.82, 2.24) is 0 Å². The minimum atomic E-state index is -0.182. The van der Waals surface area contributed by atoms with Gasteiger partial charge in [0, 0.05) is 16.5 Å². The Hall–Kier alpha value is 0.170. The minimum absolute atomic E-state index is 0.00257. The van der Waals surface area contributed by atoms with Gasteiger partial charge in [-0.25, -0.2) is 4.79 Å². The van der Waals surface area contributed by atoms with Gasteiger partial charge in [-0.15, -0.1) is 0 Å². The molecule has 0 N–H and O–H groups in total. The van der Waals surface area contributed by atoms with Gasteiger partial charge in [-0.1, -0.05) is 17.7 Å². The zero-order valence-electron chi connectivity index (χ0n) is 7.12. The van der Waals surface area contributed by atoms with E-state index < -0.39 is 0 Å². The first kappa shape index (κ1) is 11.2. The Morgan fingerprint density at radius 1 is 1.55 bits per heavy atom. The molecule has 0 fully saturated rings. The third-order valence-corrected chi connectivity index (χ3v) is 2.93. The summed E-state index contributed by atoms with van der Waals surface area (Å²) in [6, 6.07) is 0. The van der Waals surface area contributed by atoms with Crippen molar-refractivity contribution in [2.45, 2.75) is 33.3 Å². The van der Waals surface area contributed by atoms with E-state index >= 15 is 0 Å². The molecule has 66 valence electrons. The van der Waals surface area contributed by atoms with Crippen molar-refractivity contribution in [1.29, 1.82) is 0 Å². The van der Waals surface area contributed by atoms with Crippen LogP contribution in [0.2, 0.25) is 0 Å². The van der Waals surface area contributed by atoms with E-state index in [1.165, 1.54) is 10.8 Å². The molecule has 0 rings (SSSR count). The summed E-state index contributed by atoms with van der Waals surface area (Å²) in [6.07, 6.45) is 1.09. The Bertz CT molecular complexity index is 115. The van der Waals surface area contributed by atoms with Crippen molar-refractivity contribution in [3.05, 3.63) is 0 Å². The average Bonchev–Trinajstić information content (AvgIpc) is 1.86. The van der Waals surface area contributed by atoms with E-state index in [-0.39, 0.29) is 11.4 Å². The molecule has 0 heterocycles. The molecule has 0 aromatic carbocycles. The highest BCUT2D eigenvalue weighted by molar-refractivity contribution is 8.82. The monoisotopic (exact) mass is 194 g/mol. The fourth-order valence-electron chi connectivity index (χ4n) is 0.385. The quantitative estimate of drug-likeness (QED) is 0.389. The normalized spacial score (nSPS) is 10.2. The maximum Gasteiger partial charge on any atom is 0.378 e. The molecule has 0 aliphatic carbocycles. The summed E-state index contributed by atoms with van der Waals surface area (Å²) in [4.78, 5) is 10.8. The van der Waals surface area contributed by atoms with Crippen molar-refractivity contribution in [3.8, 4) is 0 Å². The van der Waals surface area contributed by atoms with Gasteiger partial charge in [0.05, 0.1) is 6.10 Å². The lowest BCUT2D eigenvalue weighted by molar-refractivity contribution is 0.143. The van der Waals surface area contributed by atoms with E-state index in [0.717, 1.165) is 12.2 Å². The number of carbonyl (C=O) groups is 1. The molecule has 0 unspecified atom stereocenters. The van der Waals surface area contributed by atoms with Gasteiger partial charge in [0.15, 0.2) is 0 Å². The predicted octanol–water partition coefficient (Wildman–Crippen LogP) is 3.32. The van der Waals surface area contributed by atoms with Crippen LogP contribution in [-0.4, -0.2) is 17.2 Å². The molecule has 0 aliphatic heterocycles. The van der Waals surface area contributed by atoms with E-state index in [9.17, 15) is 4.79 Å². The molecule has 0 spiro atoms. The Morgan fingerprint density at radius 3 is 2.64 bits per heavy atom. The summed E-state index contributed by atoms with van der Waals surface area (Å²) >= 11 is 0. The van der Waals surface area contributed by atoms with Gasteiger partial charge >= 0.3 is 5.30 Å². The Kier molecular flexibility index (Phi) is 6.96. The van der Waals surface area contributed by atoms with Gasteiger partial charge in [-0.2, -0.15) is 0 Å². The summed E-state index contributed by atoms with van der Waals surface area (Å²) in [5.41, 5.74) is 0. The number of carbonyl (C=O) groups excluding carboxylic acids is 1. The molecule has 0 bridgehead atoms. The SMILES string of the molecule is CCCSSC(=O)OC(C)C. The van der Waals surface area contributed by atoms with Crippen molar-refractivity contribution in [3.63, 3.8) is 0 Å². The third kappa shape index (κ3) is 8.07. The highest BCUT2D eigenvalue weighted by atomic mass is 33.1. The van der Waals surface area contributed by atoms with Crippen LogP contribution in [0.25, 0.3) is 0 Å². The first-order valence-corrected chi connectivity index (χ1v) is 5.98. The third-order valence-electron chi connectivity index (χ3n) is 0.746. The van der Waals surface area contributed by atoms with E-state index in [1.54, 1.807) is 10.8 Å². The fourth-order valence-corrected chi connectivity index (χ4v) is 2.12. The van der Waals surface area contributed by atoms with Crippen LogP contribution in [0.5, 0.6) is 0 Å². The largest absolute Gasteiger partial charge is 0.454 e. The standard InChI is InChI=1S/C7H14O2S2/c1-4-5-10-11-7(8)9-6(2)3/h6H,4-5H2,1-3H3. The summed E-state index contributed by atoms with van der Waals surface area (Å²) in [5.74, 6) is 0.998. The molecule has 11 heavy (non-hydrogen) atoms. The molecule has 0 aliphatic rings. The highest BCUT2D eigenvalue weighted by Crippen LogP contribution is 2.24. The van der Waals surface area contributed by atoms with Crippen LogP contribution in [0, 0.1) is 0 Å². The topological polar surface area (TPSA) is 26.3 Å². The second-order valence-electron chi connectivity index (χ2n) is 2.32. The van der Waals surface area contributed by atoms with Gasteiger partial charge in [-0.05, 0) is 20.3 Å². The Balaban J connectivity index is 3.23. The van der Waals surface area contributed by atoms with Crippen molar-refractivity contribution >= 4 is 26.9 Å². The first-order valence-electron chi connectivity index (χ1n) is 3.67. The van der Waals surface area contributed by atoms with Crippen LogP contribution in [0.15, 0.2) is 0 Å². The maximum atomic E-state index is 10.8. The summed E-state index contributed by atoms with van der Waals surface area (Å²) in [7, 11) is 2.73. The Morgan fingerprint density at radius 2 is 2.18 bits per heavy atom. The van der Waals surface area contributed by atoms with Crippen LogP contribution < -0.4 is 0 Å². The van der Waals surface area contributed by atoms with Crippen molar-refractivity contribution in [2.75, 3.05) is 5.75 Å². The van der Waals surface area contributed by atoms with Crippen LogP contribution in [0.1, 0.15) is 27.2 Å². The van der Waals surface area contributed by atoms with E-state index in [4.69, 9.17) is 4.74 Å². The molecular weight excluding hydrogens is 180 g/mol. The maximum absolute atomic E-state index is 10.8. The lowest BCUT2D eigenvalue weighted by Crippen LogP contribution is -2.05. The summed E-state index contributed by atoms with van der Waals surface area (Å²) in [6.45, 7) is 5.78. The van der Waals surface area contributed by atoms with Gasteiger partial charge in [0.25, 0.3) is 0 Å². The molecular formula is C7H14O2S2. The lowest BCUT2D eigenvalue weighted by Gasteiger charge is -2.05. The number of ether oxygens (including phenoxy) is 1. The molecule has 0 saturated carbocycles. The second kappa shape index (κ2) is 6.85. The molecule has 0 atom stereocenters. The van der Waals surface area contributed by atoms with Gasteiger partial charge < -0.3 is 4.74 Å². The smallest absolute Gasteiger partial charge is 0.378 e. The van der Waals surface area contributed by atoms with Crippen molar-refractivity contribution in [2.24, 2.45) is 0 Å². The highest BCUT2D eigenvalue weighted by Gasteiger charge is 2.05. The molecule has 0 saturated heterocycles. The average molecular weight is 194 g/mol.